The Bertz CT molecular complexity index is 1750. The lowest BCUT2D eigenvalue weighted by Gasteiger charge is -2.29. The highest BCUT2D eigenvalue weighted by atomic mass is 35.5. The van der Waals surface area contributed by atoms with Gasteiger partial charge in [-0.2, -0.15) is 0 Å². The molecule has 3 amide bonds. The van der Waals surface area contributed by atoms with Crippen LogP contribution in [0.25, 0.3) is 10.9 Å². The van der Waals surface area contributed by atoms with Gasteiger partial charge in [0.2, 0.25) is 17.7 Å². The lowest BCUT2D eigenvalue weighted by molar-refractivity contribution is -0.132. The molecule has 3 aromatic carbocycles. The Hall–Kier alpha value is -4.47. The molecule has 200 valence electrons. The van der Waals surface area contributed by atoms with Gasteiger partial charge in [0, 0.05) is 35.6 Å². The molecule has 40 heavy (non-hydrogen) atoms. The smallest absolute Gasteiger partial charge is 0.308 e. The van der Waals surface area contributed by atoms with Crippen LogP contribution in [0.2, 0.25) is 5.02 Å². The molecule has 3 N–H and O–H groups in total. The van der Waals surface area contributed by atoms with Crippen molar-refractivity contribution in [2.45, 2.75) is 24.9 Å². The van der Waals surface area contributed by atoms with Crippen LogP contribution >= 0.6 is 11.6 Å². The van der Waals surface area contributed by atoms with E-state index in [0.717, 1.165) is 21.4 Å². The second-order valence-corrected chi connectivity index (χ2v) is 10.7. The molecule has 9 nitrogen and oxygen atoms in total. The van der Waals surface area contributed by atoms with E-state index in [4.69, 9.17) is 16.3 Å². The van der Waals surface area contributed by atoms with Gasteiger partial charge in [-0.1, -0.05) is 41.9 Å². The normalized spacial score (nSPS) is 25.0. The van der Waals surface area contributed by atoms with E-state index in [2.05, 4.69) is 15.6 Å². The summed E-state index contributed by atoms with van der Waals surface area (Å²) < 4.78 is 5.11. The lowest BCUT2D eigenvalue weighted by atomic mass is 9.76. The van der Waals surface area contributed by atoms with Crippen molar-refractivity contribution in [1.82, 2.24) is 10.3 Å². The number of rotatable bonds is 4. The molecule has 0 radical (unpaired) electrons. The van der Waals surface area contributed by atoms with E-state index in [-0.39, 0.29) is 0 Å². The SMILES string of the molecule is CC(=O)Oc1ccc(N2C(=O)[C@H]3[C@@H](C2=O)[C@]2(N[C@@H]3Cc3c[nH]c4ccccc34)C(=O)Nc3c(Cl)cccc32)cc1. The topological polar surface area (TPSA) is 121 Å². The quantitative estimate of drug-likeness (QED) is 0.200. The van der Waals surface area contributed by atoms with Crippen LogP contribution in [0, 0.1) is 11.8 Å². The average Bonchev–Trinajstić information content (AvgIpc) is 3.64. The minimum Gasteiger partial charge on any atom is -0.427 e. The van der Waals surface area contributed by atoms with Gasteiger partial charge >= 0.3 is 5.97 Å². The van der Waals surface area contributed by atoms with Crippen molar-refractivity contribution in [3.05, 3.63) is 89.1 Å². The molecule has 4 atom stereocenters. The monoisotopic (exact) mass is 554 g/mol. The van der Waals surface area contributed by atoms with Crippen molar-refractivity contribution < 1.29 is 23.9 Å². The summed E-state index contributed by atoms with van der Waals surface area (Å²) in [4.78, 5) is 57.8. The Kier molecular flexibility index (Phi) is 5.39. The van der Waals surface area contributed by atoms with Gasteiger partial charge in [-0.05, 0) is 48.4 Å². The Morgan fingerprint density at radius 1 is 1.00 bits per heavy atom. The standard InChI is InChI=1S/C30H23ClN4O5/c1-15(36)40-18-11-9-17(10-12-18)35-27(37)24-23(13-16-14-32-22-8-3-2-5-19(16)22)34-30(25(24)28(35)38)20-6-4-7-21(31)26(20)33-29(30)39/h2-12,14,23-25,32,34H,13H2,1H3,(H,33,39)/t23-,24-,25+,30+/m1/s1. The number of carbonyl (C=O) groups is 4. The molecule has 1 aromatic heterocycles. The number of aromatic nitrogens is 1. The van der Waals surface area contributed by atoms with E-state index in [0.29, 0.717) is 34.1 Å². The summed E-state index contributed by atoms with van der Waals surface area (Å²) in [6.07, 6.45) is 2.31. The third-order valence-corrected chi connectivity index (χ3v) is 8.49. The molecule has 3 aliphatic heterocycles. The van der Waals surface area contributed by atoms with E-state index in [1.54, 1.807) is 30.3 Å². The van der Waals surface area contributed by atoms with Crippen LogP contribution in [0.15, 0.2) is 72.9 Å². The largest absolute Gasteiger partial charge is 0.427 e. The maximum absolute atomic E-state index is 14.2. The number of hydrogen-bond donors (Lipinski definition) is 3. The van der Waals surface area contributed by atoms with Gasteiger partial charge in [0.05, 0.1) is 28.2 Å². The van der Waals surface area contributed by atoms with Crippen LogP contribution in [0.5, 0.6) is 5.75 Å². The lowest BCUT2D eigenvalue weighted by Crippen LogP contribution is -2.53. The van der Waals surface area contributed by atoms with Crippen LogP contribution in [0.4, 0.5) is 11.4 Å². The van der Waals surface area contributed by atoms with Gasteiger partial charge in [0.15, 0.2) is 0 Å². The highest BCUT2D eigenvalue weighted by Gasteiger charge is 2.70. The van der Waals surface area contributed by atoms with Crippen molar-refractivity contribution in [3.8, 4) is 5.75 Å². The van der Waals surface area contributed by atoms with Gasteiger partial charge < -0.3 is 15.0 Å². The zero-order chi connectivity index (χ0) is 27.8. The number of ether oxygens (including phenoxy) is 1. The van der Waals surface area contributed by atoms with Crippen LogP contribution < -0.4 is 20.3 Å². The van der Waals surface area contributed by atoms with E-state index in [1.165, 1.54) is 19.1 Å². The maximum atomic E-state index is 14.2. The van der Waals surface area contributed by atoms with Gasteiger partial charge in [0.1, 0.15) is 11.3 Å². The van der Waals surface area contributed by atoms with E-state index < -0.39 is 47.1 Å². The zero-order valence-electron chi connectivity index (χ0n) is 21.2. The van der Waals surface area contributed by atoms with Crippen molar-refractivity contribution in [3.63, 3.8) is 0 Å². The number of nitrogens with zero attached hydrogens (tertiary/aromatic N) is 1. The molecule has 0 aliphatic carbocycles. The summed E-state index contributed by atoms with van der Waals surface area (Å²) in [5.74, 6) is -3.29. The number of aromatic amines is 1. The Morgan fingerprint density at radius 3 is 2.55 bits per heavy atom. The van der Waals surface area contributed by atoms with Crippen LogP contribution in [-0.2, 0) is 31.1 Å². The van der Waals surface area contributed by atoms with Gasteiger partial charge in [-0.25, -0.2) is 4.90 Å². The Morgan fingerprint density at radius 2 is 1.77 bits per heavy atom. The summed E-state index contributed by atoms with van der Waals surface area (Å²) in [5.41, 5.74) is 1.79. The molecule has 4 heterocycles. The first-order valence-corrected chi connectivity index (χ1v) is 13.3. The first kappa shape index (κ1) is 24.6. The number of imide groups is 1. The van der Waals surface area contributed by atoms with Crippen molar-refractivity contribution in [2.24, 2.45) is 11.8 Å². The molecule has 3 aliphatic rings. The molecule has 2 saturated heterocycles. The van der Waals surface area contributed by atoms with Crippen LogP contribution in [-0.4, -0.2) is 34.7 Å². The number of esters is 1. The Balaban J connectivity index is 1.34. The highest BCUT2D eigenvalue weighted by molar-refractivity contribution is 6.35. The third kappa shape index (κ3) is 3.38. The number of para-hydroxylation sites is 2. The Labute approximate surface area is 233 Å². The van der Waals surface area contributed by atoms with Crippen molar-refractivity contribution in [1.29, 1.82) is 0 Å². The minimum absolute atomic E-state index is 0.296. The summed E-state index contributed by atoms with van der Waals surface area (Å²) in [6, 6.07) is 18.7. The number of anilines is 2. The first-order chi connectivity index (χ1) is 19.3. The molecule has 0 bridgehead atoms. The van der Waals surface area contributed by atoms with Gasteiger partial charge in [-0.15, -0.1) is 0 Å². The average molecular weight is 555 g/mol. The molecular formula is C30H23ClN4O5. The molecule has 1 spiro atoms. The number of halogens is 1. The predicted molar refractivity (Wildman–Crippen MR) is 148 cm³/mol. The number of hydrogen-bond acceptors (Lipinski definition) is 6. The summed E-state index contributed by atoms with van der Waals surface area (Å²) in [5, 5.41) is 7.69. The molecule has 7 rings (SSSR count). The summed E-state index contributed by atoms with van der Waals surface area (Å²) in [7, 11) is 0. The van der Waals surface area contributed by atoms with Gasteiger partial charge in [-0.3, -0.25) is 24.5 Å². The number of nitrogens with one attached hydrogen (secondary N) is 3. The van der Waals surface area contributed by atoms with E-state index >= 15 is 0 Å². The number of fused-ring (bicyclic) bond motifs is 5. The van der Waals surface area contributed by atoms with Crippen molar-refractivity contribution >= 4 is 57.6 Å². The molecule has 0 saturated carbocycles. The molecule has 0 unspecified atom stereocenters. The molecule has 2 fully saturated rings. The fourth-order valence-electron chi connectivity index (χ4n) is 6.59. The van der Waals surface area contributed by atoms with E-state index in [9.17, 15) is 19.2 Å². The second kappa shape index (κ2) is 8.77. The highest BCUT2D eigenvalue weighted by Crippen LogP contribution is 2.55. The number of carbonyl (C=O) groups excluding carboxylic acids is 4. The first-order valence-electron chi connectivity index (χ1n) is 12.9. The second-order valence-electron chi connectivity index (χ2n) is 10.3. The number of H-pyrrole nitrogens is 1. The summed E-state index contributed by atoms with van der Waals surface area (Å²) in [6.45, 7) is 1.29. The van der Waals surface area contributed by atoms with Crippen LogP contribution in [0.1, 0.15) is 18.1 Å². The minimum atomic E-state index is -1.47. The summed E-state index contributed by atoms with van der Waals surface area (Å²) >= 11 is 6.45. The zero-order valence-corrected chi connectivity index (χ0v) is 22.0. The van der Waals surface area contributed by atoms with Gasteiger partial charge in [0.25, 0.3) is 0 Å². The number of amides is 3. The predicted octanol–water partition coefficient (Wildman–Crippen LogP) is 3.91. The molecular weight excluding hydrogens is 532 g/mol. The third-order valence-electron chi connectivity index (χ3n) is 8.17. The fraction of sp³-hybridized carbons (Fsp3) is 0.200. The molecule has 4 aromatic rings. The van der Waals surface area contributed by atoms with Crippen LogP contribution in [0.3, 0.4) is 0 Å². The maximum Gasteiger partial charge on any atom is 0.308 e. The van der Waals surface area contributed by atoms with E-state index in [1.807, 2.05) is 30.5 Å². The van der Waals surface area contributed by atoms with Crippen molar-refractivity contribution in [2.75, 3.05) is 10.2 Å². The molecule has 10 heteroatoms. The number of benzene rings is 3. The fourth-order valence-corrected chi connectivity index (χ4v) is 6.81.